The minimum absolute atomic E-state index is 0.0316. The molecule has 3 rings (SSSR count). The Morgan fingerprint density at radius 2 is 1.77 bits per heavy atom. The second-order valence-corrected chi connectivity index (χ2v) is 6.91. The van der Waals surface area contributed by atoms with Gasteiger partial charge in [0.05, 0.1) is 23.4 Å². The van der Waals surface area contributed by atoms with E-state index in [4.69, 9.17) is 27.2 Å². The zero-order valence-corrected chi connectivity index (χ0v) is 16.9. The summed E-state index contributed by atoms with van der Waals surface area (Å²) in [6, 6.07) is 15.9. The van der Waals surface area contributed by atoms with Gasteiger partial charge in [-0.05, 0) is 36.4 Å². The maximum atomic E-state index is 13.0. The Balaban J connectivity index is 1.95. The van der Waals surface area contributed by atoms with E-state index in [9.17, 15) is 13.6 Å². The molecule has 0 bridgehead atoms. The normalized spacial score (nSPS) is 10.7. The number of nitrogens with two attached hydrogens (primary N) is 1. The Morgan fingerprint density at radius 3 is 2.52 bits per heavy atom. The Morgan fingerprint density at radius 1 is 1.06 bits per heavy atom. The summed E-state index contributed by atoms with van der Waals surface area (Å²) in [6.07, 6.45) is -0.254. The fourth-order valence-electron chi connectivity index (χ4n) is 2.92. The molecule has 0 atom stereocenters. The number of anilines is 2. The number of rotatable bonds is 9. The molecule has 0 saturated carbocycles. The van der Waals surface area contributed by atoms with Crippen LogP contribution in [0, 0.1) is 0 Å². The van der Waals surface area contributed by atoms with Crippen molar-refractivity contribution in [3.63, 3.8) is 0 Å². The number of nitrogen functional groups attached to an aromatic ring is 1. The van der Waals surface area contributed by atoms with Gasteiger partial charge in [0.2, 0.25) is 0 Å². The minimum atomic E-state index is -3.04. The fourth-order valence-corrected chi connectivity index (χ4v) is 3.09. The number of halogens is 3. The molecule has 162 valence electrons. The van der Waals surface area contributed by atoms with Crippen molar-refractivity contribution in [1.29, 1.82) is 0 Å². The highest BCUT2D eigenvalue weighted by Crippen LogP contribution is 2.35. The molecule has 0 heterocycles. The van der Waals surface area contributed by atoms with Crippen molar-refractivity contribution in [2.45, 2.75) is 19.6 Å². The summed E-state index contributed by atoms with van der Waals surface area (Å²) in [6.45, 7) is -3.01. The van der Waals surface area contributed by atoms with Crippen molar-refractivity contribution in [1.82, 2.24) is 0 Å². The SMILES string of the molecule is Nc1ccc(Cl)cc1NCc1c(Oc2ccccc2CC(=O)O)cccc1OC(F)F. The van der Waals surface area contributed by atoms with E-state index in [1.165, 1.54) is 12.1 Å². The van der Waals surface area contributed by atoms with Crippen molar-refractivity contribution in [3.8, 4) is 17.2 Å². The van der Waals surface area contributed by atoms with E-state index in [1.807, 2.05) is 0 Å². The molecule has 0 radical (unpaired) electrons. The summed E-state index contributed by atoms with van der Waals surface area (Å²) < 4.78 is 36.5. The van der Waals surface area contributed by atoms with Crippen LogP contribution in [0.2, 0.25) is 5.02 Å². The van der Waals surface area contributed by atoms with Crippen LogP contribution in [0.1, 0.15) is 11.1 Å². The van der Waals surface area contributed by atoms with Gasteiger partial charge < -0.3 is 25.6 Å². The average molecular weight is 449 g/mol. The van der Waals surface area contributed by atoms with Gasteiger partial charge in [0, 0.05) is 17.1 Å². The predicted molar refractivity (Wildman–Crippen MR) is 114 cm³/mol. The molecular weight excluding hydrogens is 430 g/mol. The topological polar surface area (TPSA) is 93.8 Å². The molecule has 0 spiro atoms. The van der Waals surface area contributed by atoms with Crippen molar-refractivity contribution in [3.05, 3.63) is 76.8 Å². The summed E-state index contributed by atoms with van der Waals surface area (Å²) in [4.78, 5) is 11.1. The first-order valence-electron chi connectivity index (χ1n) is 9.16. The van der Waals surface area contributed by atoms with Crippen LogP contribution in [-0.4, -0.2) is 17.7 Å². The summed E-state index contributed by atoms with van der Waals surface area (Å²) >= 11 is 6.00. The number of hydrogen-bond acceptors (Lipinski definition) is 5. The monoisotopic (exact) mass is 448 g/mol. The Kier molecular flexibility index (Phi) is 7.15. The Labute approximate surface area is 182 Å². The first-order valence-corrected chi connectivity index (χ1v) is 9.54. The quantitative estimate of drug-likeness (QED) is 0.371. The third-order valence-corrected chi connectivity index (χ3v) is 4.55. The zero-order chi connectivity index (χ0) is 22.4. The minimum Gasteiger partial charge on any atom is -0.481 e. The molecule has 9 heteroatoms. The van der Waals surface area contributed by atoms with Gasteiger partial charge in [-0.3, -0.25) is 4.79 Å². The predicted octanol–water partition coefficient (Wildman–Crippen LogP) is 5.56. The average Bonchev–Trinajstić information content (AvgIpc) is 2.70. The molecule has 6 nitrogen and oxygen atoms in total. The van der Waals surface area contributed by atoms with Gasteiger partial charge in [-0.25, -0.2) is 0 Å². The lowest BCUT2D eigenvalue weighted by atomic mass is 10.1. The summed E-state index contributed by atoms with van der Waals surface area (Å²) in [5.74, 6) is -0.591. The number of carboxylic acids is 1. The van der Waals surface area contributed by atoms with Crippen molar-refractivity contribution in [2.75, 3.05) is 11.1 Å². The fraction of sp³-hybridized carbons (Fsp3) is 0.136. The summed E-state index contributed by atoms with van der Waals surface area (Å²) in [5.41, 5.74) is 7.61. The number of alkyl halides is 2. The first-order chi connectivity index (χ1) is 14.8. The summed E-state index contributed by atoms with van der Waals surface area (Å²) in [7, 11) is 0. The Hall–Kier alpha value is -3.52. The van der Waals surface area contributed by atoms with Crippen LogP contribution in [0.25, 0.3) is 0 Å². The number of carbonyl (C=O) groups is 1. The molecule has 0 saturated heterocycles. The zero-order valence-electron chi connectivity index (χ0n) is 16.1. The Bertz CT molecular complexity index is 1080. The van der Waals surface area contributed by atoms with Crippen molar-refractivity contribution in [2.24, 2.45) is 0 Å². The van der Waals surface area contributed by atoms with Gasteiger partial charge >= 0.3 is 12.6 Å². The van der Waals surface area contributed by atoms with Crippen LogP contribution in [0.15, 0.2) is 60.7 Å². The smallest absolute Gasteiger partial charge is 0.387 e. The molecule has 0 aliphatic rings. The third kappa shape index (κ3) is 5.99. The van der Waals surface area contributed by atoms with Crippen LogP contribution in [0.5, 0.6) is 17.2 Å². The standard InChI is InChI=1S/C22H19ClF2N2O4/c23-14-8-9-16(26)17(11-14)27-12-15-19(6-3-7-20(15)31-22(24)25)30-18-5-2-1-4-13(18)10-21(28)29/h1-9,11,22,27H,10,12,26H2,(H,28,29). The second kappa shape index (κ2) is 9.99. The maximum absolute atomic E-state index is 13.0. The van der Waals surface area contributed by atoms with E-state index >= 15 is 0 Å². The molecule has 4 N–H and O–H groups in total. The number of carboxylic acid groups (broad SMARTS) is 1. The van der Waals surface area contributed by atoms with E-state index in [2.05, 4.69) is 10.1 Å². The van der Waals surface area contributed by atoms with Crippen LogP contribution < -0.4 is 20.5 Å². The van der Waals surface area contributed by atoms with E-state index in [0.29, 0.717) is 33.3 Å². The van der Waals surface area contributed by atoms with E-state index in [0.717, 1.165) is 0 Å². The molecule has 3 aromatic rings. The van der Waals surface area contributed by atoms with Crippen LogP contribution in [0.3, 0.4) is 0 Å². The lowest BCUT2D eigenvalue weighted by Crippen LogP contribution is -2.09. The molecule has 0 aliphatic heterocycles. The molecule has 0 aliphatic carbocycles. The number of nitrogens with one attached hydrogen (secondary N) is 1. The van der Waals surface area contributed by atoms with Crippen molar-refractivity contribution >= 4 is 28.9 Å². The first kappa shape index (κ1) is 22.2. The van der Waals surface area contributed by atoms with E-state index in [1.54, 1.807) is 48.5 Å². The van der Waals surface area contributed by atoms with Gasteiger partial charge in [-0.2, -0.15) is 8.78 Å². The van der Waals surface area contributed by atoms with E-state index in [-0.39, 0.29) is 24.5 Å². The van der Waals surface area contributed by atoms with Crippen molar-refractivity contribution < 1.29 is 28.2 Å². The molecule has 0 fully saturated rings. The lowest BCUT2D eigenvalue weighted by Gasteiger charge is -2.18. The number of benzene rings is 3. The van der Waals surface area contributed by atoms with Gasteiger partial charge in [0.15, 0.2) is 0 Å². The highest BCUT2D eigenvalue weighted by Gasteiger charge is 2.17. The molecule has 0 aromatic heterocycles. The van der Waals surface area contributed by atoms with Crippen LogP contribution >= 0.6 is 11.6 Å². The van der Waals surface area contributed by atoms with Gasteiger partial charge in [-0.1, -0.05) is 35.9 Å². The van der Waals surface area contributed by atoms with Crippen LogP contribution in [0.4, 0.5) is 20.2 Å². The summed E-state index contributed by atoms with van der Waals surface area (Å²) in [5, 5.41) is 12.6. The number of hydrogen-bond donors (Lipinski definition) is 3. The third-order valence-electron chi connectivity index (χ3n) is 4.31. The largest absolute Gasteiger partial charge is 0.481 e. The highest BCUT2D eigenvalue weighted by molar-refractivity contribution is 6.31. The second-order valence-electron chi connectivity index (χ2n) is 6.48. The molecular formula is C22H19ClF2N2O4. The highest BCUT2D eigenvalue weighted by atomic mass is 35.5. The van der Waals surface area contributed by atoms with Gasteiger partial charge in [-0.15, -0.1) is 0 Å². The maximum Gasteiger partial charge on any atom is 0.387 e. The van der Waals surface area contributed by atoms with Gasteiger partial charge in [0.1, 0.15) is 17.2 Å². The van der Waals surface area contributed by atoms with E-state index < -0.39 is 12.6 Å². The molecule has 0 unspecified atom stereocenters. The van der Waals surface area contributed by atoms with Crippen LogP contribution in [-0.2, 0) is 17.8 Å². The molecule has 3 aromatic carbocycles. The number of para-hydroxylation sites is 1. The lowest BCUT2D eigenvalue weighted by molar-refractivity contribution is -0.136. The number of ether oxygens (including phenoxy) is 2. The number of aliphatic carboxylic acids is 1. The molecule has 31 heavy (non-hydrogen) atoms. The van der Waals surface area contributed by atoms with Gasteiger partial charge in [0.25, 0.3) is 0 Å². The molecule has 0 amide bonds.